The third-order valence-electron chi connectivity index (χ3n) is 5.82. The molecule has 0 aliphatic carbocycles. The third kappa shape index (κ3) is 5.56. The van der Waals surface area contributed by atoms with Gasteiger partial charge < -0.3 is 9.16 Å². The first-order valence-electron chi connectivity index (χ1n) is 11.4. The maximum atomic E-state index is 11.6. The van der Waals surface area contributed by atoms with Crippen molar-refractivity contribution < 1.29 is 14.0 Å². The van der Waals surface area contributed by atoms with E-state index in [1.807, 2.05) is 6.92 Å². The summed E-state index contributed by atoms with van der Waals surface area (Å²) in [5, 5.41) is 2.52. The molecule has 0 saturated carbocycles. The number of hydrogen-bond acceptors (Lipinski definition) is 3. The summed E-state index contributed by atoms with van der Waals surface area (Å²) in [5.74, 6) is -0.147. The van der Waals surface area contributed by atoms with Gasteiger partial charge in [-0.25, -0.2) is 0 Å². The lowest BCUT2D eigenvalue weighted by atomic mass is 10.1. The van der Waals surface area contributed by atoms with E-state index in [9.17, 15) is 4.79 Å². The highest BCUT2D eigenvalue weighted by Crippen LogP contribution is 2.37. The van der Waals surface area contributed by atoms with Gasteiger partial charge in [-0.15, -0.1) is 0 Å². The quantitative estimate of drug-likeness (QED) is 0.332. The first-order valence-corrected chi connectivity index (χ1v) is 13.3. The predicted octanol–water partition coefficient (Wildman–Crippen LogP) is 5.26. The van der Waals surface area contributed by atoms with Crippen LogP contribution in [0.5, 0.6) is 0 Å². The van der Waals surface area contributed by atoms with E-state index in [0.717, 1.165) is 11.1 Å². The Labute approximate surface area is 193 Å². The second-order valence-electron chi connectivity index (χ2n) is 9.07. The molecular weight excluding hydrogens is 412 g/mol. The van der Waals surface area contributed by atoms with Crippen LogP contribution in [0.3, 0.4) is 0 Å². The molecule has 0 atom stereocenters. The van der Waals surface area contributed by atoms with E-state index in [-0.39, 0.29) is 11.0 Å². The van der Waals surface area contributed by atoms with Crippen LogP contribution in [0, 0.1) is 0 Å². The molecular formula is C28H34O3Si. The Morgan fingerprint density at radius 2 is 1.28 bits per heavy atom. The minimum Gasteiger partial charge on any atom is -0.466 e. The Bertz CT molecular complexity index is 937. The molecule has 3 aromatic rings. The molecule has 0 fully saturated rings. The Balaban J connectivity index is 1.84. The number of hydrogen-bond donors (Lipinski definition) is 0. The van der Waals surface area contributed by atoms with E-state index < -0.39 is 8.32 Å². The molecule has 0 spiro atoms. The van der Waals surface area contributed by atoms with E-state index in [2.05, 4.69) is 106 Å². The molecule has 0 aliphatic rings. The molecule has 3 nitrogen and oxygen atoms in total. The van der Waals surface area contributed by atoms with Gasteiger partial charge in [0, 0.05) is 6.42 Å². The third-order valence-corrected chi connectivity index (χ3v) is 10.8. The smallest absolute Gasteiger partial charge is 0.306 e. The van der Waals surface area contributed by atoms with Gasteiger partial charge in [0.1, 0.15) is 0 Å². The summed E-state index contributed by atoms with van der Waals surface area (Å²) >= 11 is 0. The second kappa shape index (κ2) is 10.8. The molecule has 32 heavy (non-hydrogen) atoms. The average Bonchev–Trinajstić information content (AvgIpc) is 2.80. The zero-order valence-electron chi connectivity index (χ0n) is 19.6. The summed E-state index contributed by atoms with van der Waals surface area (Å²) in [6, 6.07) is 29.8. The van der Waals surface area contributed by atoms with Crippen LogP contribution in [0.25, 0.3) is 0 Å². The van der Waals surface area contributed by atoms with E-state index >= 15 is 0 Å². The monoisotopic (exact) mass is 446 g/mol. The van der Waals surface area contributed by atoms with Crippen LogP contribution in [-0.4, -0.2) is 20.9 Å². The summed E-state index contributed by atoms with van der Waals surface area (Å²) in [7, 11) is -2.55. The zero-order chi connectivity index (χ0) is 23.0. The summed E-state index contributed by atoms with van der Waals surface area (Å²) in [5.41, 5.74) is 2.27. The number of carbonyl (C=O) groups is 1. The number of aryl methyl sites for hydroxylation is 1. The molecule has 0 N–H and O–H groups in total. The van der Waals surface area contributed by atoms with Crippen LogP contribution in [0.4, 0.5) is 0 Å². The van der Waals surface area contributed by atoms with Crippen molar-refractivity contribution in [1.82, 2.24) is 0 Å². The molecule has 0 aliphatic heterocycles. The second-order valence-corrected chi connectivity index (χ2v) is 13.4. The molecule has 0 aromatic heterocycles. The molecule has 4 heteroatoms. The number of esters is 1. The molecule has 0 heterocycles. The van der Waals surface area contributed by atoms with Crippen LogP contribution in [0.1, 0.15) is 45.2 Å². The van der Waals surface area contributed by atoms with Crippen LogP contribution < -0.4 is 10.4 Å². The van der Waals surface area contributed by atoms with Crippen molar-refractivity contribution in [2.24, 2.45) is 0 Å². The lowest BCUT2D eigenvalue weighted by Gasteiger charge is -2.43. The summed E-state index contributed by atoms with van der Waals surface area (Å²) < 4.78 is 12.0. The largest absolute Gasteiger partial charge is 0.466 e. The molecule has 0 amide bonds. The van der Waals surface area contributed by atoms with Crippen molar-refractivity contribution in [3.05, 3.63) is 96.1 Å². The summed E-state index contributed by atoms with van der Waals surface area (Å²) in [6.07, 6.45) is 1.10. The highest BCUT2D eigenvalue weighted by atomic mass is 28.4. The maximum Gasteiger partial charge on any atom is 0.306 e. The Morgan fingerprint density at radius 1 is 0.781 bits per heavy atom. The highest BCUT2D eigenvalue weighted by Gasteiger charge is 2.50. The molecule has 0 radical (unpaired) electrons. The summed E-state index contributed by atoms with van der Waals surface area (Å²) in [4.78, 5) is 11.6. The van der Waals surface area contributed by atoms with E-state index in [1.54, 1.807) is 0 Å². The average molecular weight is 447 g/mol. The van der Waals surface area contributed by atoms with Gasteiger partial charge in [0.25, 0.3) is 8.32 Å². The van der Waals surface area contributed by atoms with Gasteiger partial charge in [-0.3, -0.25) is 4.79 Å². The molecule has 0 bridgehead atoms. The van der Waals surface area contributed by atoms with Crippen LogP contribution in [0.2, 0.25) is 5.04 Å². The first-order chi connectivity index (χ1) is 15.4. The van der Waals surface area contributed by atoms with Crippen molar-refractivity contribution in [2.45, 2.75) is 52.2 Å². The van der Waals surface area contributed by atoms with Crippen molar-refractivity contribution in [2.75, 3.05) is 6.61 Å². The normalized spacial score (nSPS) is 11.9. The van der Waals surface area contributed by atoms with E-state index in [1.165, 1.54) is 10.4 Å². The lowest BCUT2D eigenvalue weighted by molar-refractivity contribution is -0.143. The topological polar surface area (TPSA) is 35.5 Å². The van der Waals surface area contributed by atoms with Crippen molar-refractivity contribution in [1.29, 1.82) is 0 Å². The minimum atomic E-state index is -2.55. The highest BCUT2D eigenvalue weighted by molar-refractivity contribution is 6.99. The Hall–Kier alpha value is -2.69. The number of carbonyl (C=O) groups excluding carboxylic acids is 1. The lowest BCUT2D eigenvalue weighted by Crippen LogP contribution is -2.66. The van der Waals surface area contributed by atoms with E-state index in [0.29, 0.717) is 26.1 Å². The number of ether oxygens (including phenoxy) is 1. The Kier molecular flexibility index (Phi) is 8.05. The molecule has 168 valence electrons. The first kappa shape index (κ1) is 24.0. The zero-order valence-corrected chi connectivity index (χ0v) is 20.6. The predicted molar refractivity (Wildman–Crippen MR) is 134 cm³/mol. The SMILES string of the molecule is CCOC(=O)CCc1ccc(CO[Si](c2ccccc2)(c2ccccc2)C(C)(C)C)cc1. The molecule has 0 unspecified atom stereocenters. The van der Waals surface area contributed by atoms with Gasteiger partial charge in [-0.05, 0) is 39.9 Å². The van der Waals surface area contributed by atoms with Crippen LogP contribution >= 0.6 is 0 Å². The van der Waals surface area contributed by atoms with E-state index in [4.69, 9.17) is 9.16 Å². The fourth-order valence-corrected chi connectivity index (χ4v) is 8.77. The fraction of sp³-hybridized carbons (Fsp3) is 0.321. The van der Waals surface area contributed by atoms with Crippen molar-refractivity contribution >= 4 is 24.7 Å². The van der Waals surface area contributed by atoms with Gasteiger partial charge in [0.2, 0.25) is 0 Å². The van der Waals surface area contributed by atoms with Gasteiger partial charge in [-0.2, -0.15) is 0 Å². The number of rotatable bonds is 9. The molecule has 3 rings (SSSR count). The number of benzene rings is 3. The standard InChI is InChI=1S/C28H34O3Si/c1-5-30-27(29)21-20-23-16-18-24(19-17-23)22-31-32(28(2,3)4,25-12-8-6-9-13-25)26-14-10-7-11-15-26/h6-19H,5,20-22H2,1-4H3. The van der Waals surface area contributed by atoms with Gasteiger partial charge in [0.15, 0.2) is 0 Å². The van der Waals surface area contributed by atoms with Gasteiger partial charge in [-0.1, -0.05) is 106 Å². The molecule has 0 saturated heterocycles. The van der Waals surface area contributed by atoms with Crippen LogP contribution in [0.15, 0.2) is 84.9 Å². The van der Waals surface area contributed by atoms with Crippen molar-refractivity contribution in [3.8, 4) is 0 Å². The van der Waals surface area contributed by atoms with Gasteiger partial charge >= 0.3 is 5.97 Å². The van der Waals surface area contributed by atoms with Crippen molar-refractivity contribution in [3.63, 3.8) is 0 Å². The minimum absolute atomic E-state index is 0.0463. The Morgan fingerprint density at radius 3 is 1.75 bits per heavy atom. The van der Waals surface area contributed by atoms with Gasteiger partial charge in [0.05, 0.1) is 13.2 Å². The van der Waals surface area contributed by atoms with Crippen LogP contribution in [-0.2, 0) is 27.0 Å². The maximum absolute atomic E-state index is 11.6. The summed E-state index contributed by atoms with van der Waals surface area (Å²) in [6.45, 7) is 9.68. The fourth-order valence-electron chi connectivity index (χ4n) is 4.23. The molecule has 3 aromatic carbocycles.